The van der Waals surface area contributed by atoms with Gasteiger partial charge >= 0.3 is 0 Å². The standard InChI is InChI=1S/C12H13ClN2S/c1-9(12-7-14-8-16-12)15-6-10-4-2-3-5-11(10)13/h2-5,7-9,15H,6H2,1H3. The second-order valence-electron chi connectivity index (χ2n) is 3.60. The van der Waals surface area contributed by atoms with E-state index in [2.05, 4.69) is 17.2 Å². The van der Waals surface area contributed by atoms with Gasteiger partial charge in [-0.3, -0.25) is 4.98 Å². The van der Waals surface area contributed by atoms with Gasteiger partial charge in [0.05, 0.1) is 5.51 Å². The second kappa shape index (κ2) is 5.43. The van der Waals surface area contributed by atoms with E-state index in [-0.39, 0.29) is 0 Å². The van der Waals surface area contributed by atoms with Gasteiger partial charge in [0.25, 0.3) is 0 Å². The third-order valence-corrected chi connectivity index (χ3v) is 3.76. The maximum atomic E-state index is 6.08. The topological polar surface area (TPSA) is 24.9 Å². The molecule has 1 aromatic heterocycles. The summed E-state index contributed by atoms with van der Waals surface area (Å²) in [6.07, 6.45) is 1.90. The Labute approximate surface area is 104 Å². The Kier molecular flexibility index (Phi) is 3.93. The van der Waals surface area contributed by atoms with E-state index in [9.17, 15) is 0 Å². The average molecular weight is 253 g/mol. The van der Waals surface area contributed by atoms with Crippen LogP contribution in [0.2, 0.25) is 5.02 Å². The quantitative estimate of drug-likeness (QED) is 0.899. The van der Waals surface area contributed by atoms with Gasteiger partial charge in [0, 0.05) is 28.7 Å². The molecule has 0 amide bonds. The van der Waals surface area contributed by atoms with Crippen LogP contribution in [0.15, 0.2) is 36.0 Å². The van der Waals surface area contributed by atoms with Crippen LogP contribution in [0.25, 0.3) is 0 Å². The molecule has 1 heterocycles. The maximum absolute atomic E-state index is 6.08. The zero-order valence-corrected chi connectivity index (χ0v) is 10.6. The van der Waals surface area contributed by atoms with Crippen LogP contribution in [0.3, 0.4) is 0 Å². The monoisotopic (exact) mass is 252 g/mol. The van der Waals surface area contributed by atoms with Crippen LogP contribution in [0.1, 0.15) is 23.4 Å². The van der Waals surface area contributed by atoms with Gasteiger partial charge in [-0.2, -0.15) is 0 Å². The third kappa shape index (κ3) is 2.82. The molecule has 0 fully saturated rings. The number of rotatable bonds is 4. The van der Waals surface area contributed by atoms with E-state index in [1.165, 1.54) is 4.88 Å². The van der Waals surface area contributed by atoms with E-state index in [1.54, 1.807) is 11.3 Å². The lowest BCUT2D eigenvalue weighted by molar-refractivity contribution is 0.582. The van der Waals surface area contributed by atoms with E-state index >= 15 is 0 Å². The largest absolute Gasteiger partial charge is 0.305 e. The highest BCUT2D eigenvalue weighted by molar-refractivity contribution is 7.09. The predicted octanol–water partition coefficient (Wildman–Crippen LogP) is 3.65. The second-order valence-corrected chi connectivity index (χ2v) is 4.92. The highest BCUT2D eigenvalue weighted by Gasteiger charge is 2.07. The van der Waals surface area contributed by atoms with Crippen molar-refractivity contribution in [2.75, 3.05) is 0 Å². The minimum atomic E-state index is 0.309. The Morgan fingerprint density at radius 1 is 1.44 bits per heavy atom. The molecule has 0 saturated carbocycles. The number of benzene rings is 1. The smallest absolute Gasteiger partial charge is 0.0794 e. The Hall–Kier alpha value is -0.900. The molecule has 1 aromatic carbocycles. The molecule has 2 rings (SSSR count). The zero-order chi connectivity index (χ0) is 11.4. The number of aromatic nitrogens is 1. The Morgan fingerprint density at radius 3 is 2.94 bits per heavy atom. The molecule has 0 aliphatic heterocycles. The fourth-order valence-electron chi connectivity index (χ4n) is 1.44. The molecule has 0 spiro atoms. The van der Waals surface area contributed by atoms with E-state index in [0.717, 1.165) is 17.1 Å². The van der Waals surface area contributed by atoms with Crippen LogP contribution in [0.5, 0.6) is 0 Å². The van der Waals surface area contributed by atoms with E-state index in [0.29, 0.717) is 6.04 Å². The molecule has 1 atom stereocenters. The van der Waals surface area contributed by atoms with Crippen molar-refractivity contribution >= 4 is 22.9 Å². The number of hydrogen-bond donors (Lipinski definition) is 1. The zero-order valence-electron chi connectivity index (χ0n) is 8.98. The first-order valence-corrected chi connectivity index (χ1v) is 6.38. The first kappa shape index (κ1) is 11.6. The molecule has 0 saturated heterocycles. The highest BCUT2D eigenvalue weighted by atomic mass is 35.5. The van der Waals surface area contributed by atoms with Crippen molar-refractivity contribution in [1.29, 1.82) is 0 Å². The summed E-state index contributed by atoms with van der Waals surface area (Å²) in [6.45, 7) is 2.91. The van der Waals surface area contributed by atoms with Gasteiger partial charge in [-0.15, -0.1) is 11.3 Å². The Bertz CT molecular complexity index is 442. The van der Waals surface area contributed by atoms with E-state index < -0.39 is 0 Å². The molecular formula is C12H13ClN2S. The summed E-state index contributed by atoms with van der Waals surface area (Å²) in [5.41, 5.74) is 2.98. The summed E-state index contributed by atoms with van der Waals surface area (Å²) >= 11 is 7.75. The molecule has 0 radical (unpaired) electrons. The summed E-state index contributed by atoms with van der Waals surface area (Å²) in [5, 5.41) is 4.24. The van der Waals surface area contributed by atoms with Crippen LogP contribution >= 0.6 is 22.9 Å². The van der Waals surface area contributed by atoms with Crippen LogP contribution in [-0.2, 0) is 6.54 Å². The molecular weight excluding hydrogens is 240 g/mol. The molecule has 0 bridgehead atoms. The Balaban J connectivity index is 1.95. The van der Waals surface area contributed by atoms with Gasteiger partial charge in [-0.25, -0.2) is 0 Å². The third-order valence-electron chi connectivity index (χ3n) is 2.43. The van der Waals surface area contributed by atoms with Crippen LogP contribution < -0.4 is 5.32 Å². The maximum Gasteiger partial charge on any atom is 0.0794 e. The highest BCUT2D eigenvalue weighted by Crippen LogP contribution is 2.19. The average Bonchev–Trinajstić information content (AvgIpc) is 2.81. The normalized spacial score (nSPS) is 12.6. The van der Waals surface area contributed by atoms with Crippen molar-refractivity contribution in [3.05, 3.63) is 51.4 Å². The Morgan fingerprint density at radius 2 is 2.25 bits per heavy atom. The number of nitrogens with zero attached hydrogens (tertiary/aromatic N) is 1. The van der Waals surface area contributed by atoms with E-state index in [1.807, 2.05) is 36.0 Å². The lowest BCUT2D eigenvalue weighted by Crippen LogP contribution is -2.17. The fraction of sp³-hybridized carbons (Fsp3) is 0.250. The molecule has 4 heteroatoms. The van der Waals surface area contributed by atoms with Crippen molar-refractivity contribution in [3.8, 4) is 0 Å². The predicted molar refractivity (Wildman–Crippen MR) is 68.8 cm³/mol. The van der Waals surface area contributed by atoms with Crippen molar-refractivity contribution in [2.24, 2.45) is 0 Å². The summed E-state index contributed by atoms with van der Waals surface area (Å²) in [5.74, 6) is 0. The molecule has 16 heavy (non-hydrogen) atoms. The summed E-state index contributed by atoms with van der Waals surface area (Å²) in [7, 11) is 0. The van der Waals surface area contributed by atoms with Crippen LogP contribution in [-0.4, -0.2) is 4.98 Å². The lowest BCUT2D eigenvalue weighted by atomic mass is 10.2. The van der Waals surface area contributed by atoms with E-state index in [4.69, 9.17) is 11.6 Å². The molecule has 0 aliphatic rings. The van der Waals surface area contributed by atoms with Crippen molar-refractivity contribution in [1.82, 2.24) is 10.3 Å². The number of halogens is 1. The molecule has 1 N–H and O–H groups in total. The van der Waals surface area contributed by atoms with Gasteiger partial charge in [-0.1, -0.05) is 29.8 Å². The minimum Gasteiger partial charge on any atom is -0.305 e. The number of thiazole rings is 1. The number of nitrogens with one attached hydrogen (secondary N) is 1. The fourth-order valence-corrected chi connectivity index (χ4v) is 2.30. The van der Waals surface area contributed by atoms with Crippen LogP contribution in [0, 0.1) is 0 Å². The first-order valence-electron chi connectivity index (χ1n) is 5.12. The van der Waals surface area contributed by atoms with Gasteiger partial charge in [0.2, 0.25) is 0 Å². The van der Waals surface area contributed by atoms with Gasteiger partial charge in [-0.05, 0) is 18.6 Å². The molecule has 84 valence electrons. The molecule has 2 nitrogen and oxygen atoms in total. The summed E-state index contributed by atoms with van der Waals surface area (Å²) in [4.78, 5) is 5.31. The van der Waals surface area contributed by atoms with Gasteiger partial charge < -0.3 is 5.32 Å². The minimum absolute atomic E-state index is 0.309. The first-order chi connectivity index (χ1) is 7.77. The van der Waals surface area contributed by atoms with Crippen molar-refractivity contribution < 1.29 is 0 Å². The van der Waals surface area contributed by atoms with Crippen molar-refractivity contribution in [3.63, 3.8) is 0 Å². The summed E-state index contributed by atoms with van der Waals surface area (Å²) < 4.78 is 0. The SMILES string of the molecule is CC(NCc1ccccc1Cl)c1cncs1. The van der Waals surface area contributed by atoms with Crippen molar-refractivity contribution in [2.45, 2.75) is 19.5 Å². The molecule has 1 unspecified atom stereocenters. The molecule has 0 aliphatic carbocycles. The summed E-state index contributed by atoms with van der Waals surface area (Å²) in [6, 6.07) is 8.20. The lowest BCUT2D eigenvalue weighted by Gasteiger charge is -2.12. The molecule has 2 aromatic rings. The van der Waals surface area contributed by atoms with Gasteiger partial charge in [0.1, 0.15) is 0 Å². The van der Waals surface area contributed by atoms with Gasteiger partial charge in [0.15, 0.2) is 0 Å². The van der Waals surface area contributed by atoms with Crippen LogP contribution in [0.4, 0.5) is 0 Å². The number of hydrogen-bond acceptors (Lipinski definition) is 3.